The molecule has 5 atom stereocenters. The molecular weight excluding hydrogens is 1330 g/mol. The number of rotatable bonds is 76. The monoisotopic (exact) mass is 1480 g/mol. The van der Waals surface area contributed by atoms with Crippen molar-refractivity contribution in [2.24, 2.45) is 0 Å². The van der Waals surface area contributed by atoms with E-state index in [2.05, 4.69) is 113 Å². The SMILES string of the molecule is CCCCC/C=C\C/C=C\C/C=C\C/C=C\C/C=C\CCC(=O)OC[C@H](COP(=O)(O)OC[C@@H](O)COP(=O)(O)OC[C@@H](COC(=O)CCCCCCCCC/C=C\CCCCCC)OC(=O)CCCCCCCCC/C=C\CCCCCC)OC(=O)CCCCCCC/C=C\CCCCCC. The predicted octanol–water partition coefficient (Wildman–Crippen LogP) is 23.6. The van der Waals surface area contributed by atoms with Crippen LogP contribution in [0.1, 0.15) is 349 Å². The van der Waals surface area contributed by atoms with E-state index in [1.165, 1.54) is 109 Å². The first-order valence-electron chi connectivity index (χ1n) is 40.5. The van der Waals surface area contributed by atoms with Crippen LogP contribution in [-0.4, -0.2) is 96.7 Å². The van der Waals surface area contributed by atoms with E-state index in [1.54, 1.807) is 0 Å². The minimum Gasteiger partial charge on any atom is -0.462 e. The second-order valence-electron chi connectivity index (χ2n) is 27.0. The molecule has 3 N–H and O–H groups in total. The first-order valence-corrected chi connectivity index (χ1v) is 43.5. The molecule has 0 aromatic rings. The van der Waals surface area contributed by atoms with Gasteiger partial charge in [-0.15, -0.1) is 0 Å². The maximum absolute atomic E-state index is 13.1. The van der Waals surface area contributed by atoms with Gasteiger partial charge in [0.1, 0.15) is 19.3 Å². The Bertz CT molecular complexity index is 2310. The largest absolute Gasteiger partial charge is 0.472 e. The molecule has 0 amide bonds. The lowest BCUT2D eigenvalue weighted by Crippen LogP contribution is -2.30. The second-order valence-corrected chi connectivity index (χ2v) is 29.9. The summed E-state index contributed by atoms with van der Waals surface area (Å²) in [5.74, 6) is -2.27. The lowest BCUT2D eigenvalue weighted by Gasteiger charge is -2.21. The Morgan fingerprint density at radius 1 is 0.275 bits per heavy atom. The minimum atomic E-state index is -4.99. The molecule has 0 fully saturated rings. The van der Waals surface area contributed by atoms with Crippen molar-refractivity contribution >= 4 is 39.5 Å². The molecular formula is C83H146O17P2. The zero-order chi connectivity index (χ0) is 74.6. The number of hydrogen-bond acceptors (Lipinski definition) is 15. The third-order valence-corrected chi connectivity index (χ3v) is 18.9. The van der Waals surface area contributed by atoms with Crippen LogP contribution in [0.2, 0.25) is 0 Å². The lowest BCUT2D eigenvalue weighted by atomic mass is 10.1. The first kappa shape index (κ1) is 98.0. The number of ether oxygens (including phenoxy) is 4. The van der Waals surface area contributed by atoms with Crippen molar-refractivity contribution in [1.29, 1.82) is 0 Å². The van der Waals surface area contributed by atoms with Crippen LogP contribution >= 0.6 is 15.6 Å². The Morgan fingerprint density at radius 2 is 0.500 bits per heavy atom. The van der Waals surface area contributed by atoms with Crippen molar-refractivity contribution in [3.05, 3.63) is 97.2 Å². The van der Waals surface area contributed by atoms with Crippen molar-refractivity contribution in [2.45, 2.75) is 367 Å². The number of phosphoric acid groups is 2. The van der Waals surface area contributed by atoms with Gasteiger partial charge in [0, 0.05) is 25.7 Å². The second kappa shape index (κ2) is 75.2. The molecule has 0 aliphatic carbocycles. The van der Waals surface area contributed by atoms with Crippen LogP contribution in [0, 0.1) is 0 Å². The van der Waals surface area contributed by atoms with E-state index in [4.69, 9.17) is 37.0 Å². The average Bonchev–Trinajstić information content (AvgIpc) is 0.908. The van der Waals surface area contributed by atoms with Gasteiger partial charge in [0.2, 0.25) is 0 Å². The summed E-state index contributed by atoms with van der Waals surface area (Å²) in [5, 5.41) is 10.6. The van der Waals surface area contributed by atoms with Crippen LogP contribution < -0.4 is 0 Å². The van der Waals surface area contributed by atoms with Crippen LogP contribution in [0.5, 0.6) is 0 Å². The molecule has 0 aromatic carbocycles. The quantitative estimate of drug-likeness (QED) is 0.0169. The Balaban J connectivity index is 5.40. The normalized spacial score (nSPS) is 14.4. The van der Waals surface area contributed by atoms with Crippen LogP contribution in [0.25, 0.3) is 0 Å². The molecule has 0 rings (SSSR count). The van der Waals surface area contributed by atoms with Gasteiger partial charge in [0.25, 0.3) is 0 Å². The zero-order valence-corrected chi connectivity index (χ0v) is 66.3. The maximum atomic E-state index is 13.1. The Kier molecular flexibility index (Phi) is 72.3. The van der Waals surface area contributed by atoms with E-state index < -0.39 is 97.5 Å². The van der Waals surface area contributed by atoms with Gasteiger partial charge in [0.05, 0.1) is 26.4 Å². The van der Waals surface area contributed by atoms with Crippen molar-refractivity contribution in [1.82, 2.24) is 0 Å². The van der Waals surface area contributed by atoms with E-state index in [-0.39, 0.29) is 25.7 Å². The lowest BCUT2D eigenvalue weighted by molar-refractivity contribution is -0.161. The summed E-state index contributed by atoms with van der Waals surface area (Å²) < 4.78 is 68.5. The summed E-state index contributed by atoms with van der Waals surface area (Å²) in [4.78, 5) is 73.0. The number of unbranched alkanes of at least 4 members (excludes halogenated alkanes) is 34. The molecule has 17 nitrogen and oxygen atoms in total. The summed E-state index contributed by atoms with van der Waals surface area (Å²) in [6.07, 6.45) is 79.7. The number of carbonyl (C=O) groups is 4. The molecule has 0 aliphatic heterocycles. The molecule has 2 unspecified atom stereocenters. The van der Waals surface area contributed by atoms with Gasteiger partial charge >= 0.3 is 39.5 Å². The molecule has 0 aliphatic rings. The smallest absolute Gasteiger partial charge is 0.462 e. The van der Waals surface area contributed by atoms with Crippen molar-refractivity contribution in [3.63, 3.8) is 0 Å². The number of phosphoric ester groups is 2. The standard InChI is InChI=1S/C83H146O17P2/c1-5-9-13-17-21-25-29-33-36-37-38-39-42-45-48-52-56-60-64-68-81(86)94-73-78(99-82(87)69-65-61-57-53-49-43-32-28-24-20-16-12-8-4)75-97-101(89,90)95-71-77(84)72-96-102(91,92)98-76-79(100-83(88)70-66-62-58-54-50-46-41-35-31-27-23-19-15-11-7-3)74-93-80(85)67-63-59-55-51-47-44-40-34-30-26-22-18-14-10-6-2/h21,25-28,30-33,36,38-39,45,48,56,60,77-79,84H,5-20,22-24,29,34-35,37,40-44,46-47,49-55,57-59,61-76H2,1-4H3,(H,89,90)(H,91,92)/b25-21-,30-26-,31-27-,32-28-,36-33-,39-38-,48-45-,60-56-/t77-,78-,79-/m1/s1. The number of allylic oxidation sites excluding steroid dienone is 16. The van der Waals surface area contributed by atoms with Gasteiger partial charge in [-0.1, -0.05) is 279 Å². The van der Waals surface area contributed by atoms with Gasteiger partial charge in [-0.2, -0.15) is 0 Å². The maximum Gasteiger partial charge on any atom is 0.472 e. The number of carbonyl (C=O) groups excluding carboxylic acids is 4. The predicted molar refractivity (Wildman–Crippen MR) is 418 cm³/mol. The fraction of sp³-hybridized carbons (Fsp3) is 0.759. The molecule has 102 heavy (non-hydrogen) atoms. The van der Waals surface area contributed by atoms with E-state index >= 15 is 0 Å². The van der Waals surface area contributed by atoms with Gasteiger partial charge in [-0.25, -0.2) is 9.13 Å². The fourth-order valence-corrected chi connectivity index (χ4v) is 12.4. The molecule has 0 spiro atoms. The molecule has 0 heterocycles. The summed E-state index contributed by atoms with van der Waals surface area (Å²) in [7, 11) is -9.97. The van der Waals surface area contributed by atoms with Gasteiger partial charge in [0.15, 0.2) is 12.2 Å². The summed E-state index contributed by atoms with van der Waals surface area (Å²) in [6.45, 7) is 4.75. The van der Waals surface area contributed by atoms with E-state index in [1.807, 2.05) is 12.2 Å². The topological polar surface area (TPSA) is 237 Å². The first-order chi connectivity index (χ1) is 49.7. The van der Waals surface area contributed by atoms with Gasteiger partial charge in [-0.05, 0) is 141 Å². The highest BCUT2D eigenvalue weighted by molar-refractivity contribution is 7.47. The molecule has 0 saturated carbocycles. The van der Waals surface area contributed by atoms with E-state index in [9.17, 15) is 43.2 Å². The molecule has 0 radical (unpaired) electrons. The fourth-order valence-electron chi connectivity index (χ4n) is 10.8. The Morgan fingerprint density at radius 3 is 0.824 bits per heavy atom. The van der Waals surface area contributed by atoms with Crippen molar-refractivity contribution in [3.8, 4) is 0 Å². The molecule has 0 saturated heterocycles. The zero-order valence-electron chi connectivity index (χ0n) is 64.5. The van der Waals surface area contributed by atoms with Crippen LogP contribution in [0.15, 0.2) is 97.2 Å². The Labute approximate surface area is 620 Å². The van der Waals surface area contributed by atoms with Crippen LogP contribution in [0.4, 0.5) is 0 Å². The highest BCUT2D eigenvalue weighted by Gasteiger charge is 2.30. The van der Waals surface area contributed by atoms with Crippen LogP contribution in [-0.2, 0) is 65.4 Å². The highest BCUT2D eigenvalue weighted by Crippen LogP contribution is 2.45. The summed E-state index contributed by atoms with van der Waals surface area (Å²) in [5.41, 5.74) is 0. The number of esters is 4. The van der Waals surface area contributed by atoms with Crippen molar-refractivity contribution in [2.75, 3.05) is 39.6 Å². The highest BCUT2D eigenvalue weighted by atomic mass is 31.2. The van der Waals surface area contributed by atoms with E-state index in [0.29, 0.717) is 32.1 Å². The average molecular weight is 1480 g/mol. The molecule has 590 valence electrons. The van der Waals surface area contributed by atoms with Gasteiger partial charge < -0.3 is 33.8 Å². The number of aliphatic hydroxyl groups is 1. The summed E-state index contributed by atoms with van der Waals surface area (Å²) in [6, 6.07) is 0. The van der Waals surface area contributed by atoms with E-state index in [0.717, 1.165) is 154 Å². The number of aliphatic hydroxyl groups excluding tert-OH is 1. The van der Waals surface area contributed by atoms with Gasteiger partial charge in [-0.3, -0.25) is 37.3 Å². The minimum absolute atomic E-state index is 0.0369. The number of hydrogen-bond donors (Lipinski definition) is 3. The molecule has 19 heteroatoms. The molecule has 0 aromatic heterocycles. The molecule has 0 bridgehead atoms. The van der Waals surface area contributed by atoms with Crippen LogP contribution in [0.3, 0.4) is 0 Å². The Hall–Kier alpha value is -4.02. The van der Waals surface area contributed by atoms with Crippen molar-refractivity contribution < 1.29 is 80.2 Å². The third kappa shape index (κ3) is 74.3. The third-order valence-electron chi connectivity index (χ3n) is 17.0. The summed E-state index contributed by atoms with van der Waals surface area (Å²) >= 11 is 0.